The molecule has 5 nitrogen and oxygen atoms in total. The van der Waals surface area contributed by atoms with Gasteiger partial charge in [0.2, 0.25) is 0 Å². The number of nitrogens with zero attached hydrogens (tertiary/aromatic N) is 2. The van der Waals surface area contributed by atoms with Crippen LogP contribution in [-0.2, 0) is 17.5 Å². The predicted molar refractivity (Wildman–Crippen MR) is 119 cm³/mol. The summed E-state index contributed by atoms with van der Waals surface area (Å²) in [4.78, 5) is 7.77. The van der Waals surface area contributed by atoms with Crippen LogP contribution in [0.3, 0.4) is 0 Å². The molecule has 2 N–H and O–H groups in total. The Labute approximate surface area is 189 Å². The third kappa shape index (κ3) is 6.82. The van der Waals surface area contributed by atoms with Crippen LogP contribution < -0.4 is 10.6 Å². The van der Waals surface area contributed by atoms with Crippen molar-refractivity contribution >= 4 is 41.3 Å². The number of thiazole rings is 1. The number of aliphatic imine (C=N–C) groups is 1. The Morgan fingerprint density at radius 1 is 1.28 bits per heavy atom. The summed E-state index contributed by atoms with van der Waals surface area (Å²) in [5, 5.41) is 7.67. The minimum atomic E-state index is -4.41. The highest BCUT2D eigenvalue weighted by molar-refractivity contribution is 14.0. The molecule has 0 amide bonds. The zero-order chi connectivity index (χ0) is 20.0. The van der Waals surface area contributed by atoms with Gasteiger partial charge in [-0.25, -0.2) is 4.98 Å². The van der Waals surface area contributed by atoms with Crippen molar-refractivity contribution in [1.29, 1.82) is 0 Å². The average molecular weight is 540 g/mol. The molecule has 0 spiro atoms. The number of halogens is 4. The Morgan fingerprint density at radius 3 is 2.69 bits per heavy atom. The van der Waals surface area contributed by atoms with Crippen LogP contribution in [0, 0.1) is 5.92 Å². The second kappa shape index (κ2) is 11.1. The second-order valence-corrected chi connectivity index (χ2v) is 7.48. The highest BCUT2D eigenvalue weighted by Crippen LogP contribution is 2.33. The molecular weight excluding hydrogens is 516 g/mol. The molecule has 2 aromatic rings. The summed E-state index contributed by atoms with van der Waals surface area (Å²) < 4.78 is 43.9. The van der Waals surface area contributed by atoms with Gasteiger partial charge in [-0.3, -0.25) is 4.99 Å². The highest BCUT2D eigenvalue weighted by Gasteiger charge is 2.33. The molecule has 10 heteroatoms. The van der Waals surface area contributed by atoms with Crippen LogP contribution in [-0.4, -0.2) is 31.1 Å². The minimum Gasteiger partial charge on any atom is -0.373 e. The predicted octanol–water partition coefficient (Wildman–Crippen LogP) is 4.61. The summed E-state index contributed by atoms with van der Waals surface area (Å²) >= 11 is 0.976. The molecule has 1 fully saturated rings. The summed E-state index contributed by atoms with van der Waals surface area (Å²) in [5.74, 6) is 0.813. The zero-order valence-corrected chi connectivity index (χ0v) is 19.1. The largest absolute Gasteiger partial charge is 0.434 e. The molecule has 0 aliphatic carbocycles. The molecule has 1 saturated heterocycles. The smallest absolute Gasteiger partial charge is 0.373 e. The van der Waals surface area contributed by atoms with Gasteiger partial charge in [0.1, 0.15) is 5.01 Å². The van der Waals surface area contributed by atoms with Crippen LogP contribution in [0.5, 0.6) is 0 Å². The summed E-state index contributed by atoms with van der Waals surface area (Å²) in [6.07, 6.45) is -2.36. The topological polar surface area (TPSA) is 58.5 Å². The molecule has 0 radical (unpaired) electrons. The fourth-order valence-corrected chi connectivity index (χ4v) is 3.93. The zero-order valence-electron chi connectivity index (χ0n) is 15.9. The molecule has 2 unspecified atom stereocenters. The Morgan fingerprint density at radius 2 is 2.03 bits per heavy atom. The van der Waals surface area contributed by atoms with Crippen molar-refractivity contribution in [1.82, 2.24) is 15.6 Å². The monoisotopic (exact) mass is 540 g/mol. The Kier molecular flexibility index (Phi) is 9.15. The number of aromatic nitrogens is 1. The van der Waals surface area contributed by atoms with Crippen molar-refractivity contribution in [3.63, 3.8) is 0 Å². The van der Waals surface area contributed by atoms with Crippen molar-refractivity contribution in [2.24, 2.45) is 10.9 Å². The van der Waals surface area contributed by atoms with Crippen molar-refractivity contribution in [2.45, 2.75) is 31.7 Å². The van der Waals surface area contributed by atoms with Gasteiger partial charge in [0.15, 0.2) is 11.7 Å². The normalized spacial score (nSPS) is 20.1. The molecule has 0 bridgehead atoms. The molecule has 1 aromatic carbocycles. The first-order valence-electron chi connectivity index (χ1n) is 9.10. The molecule has 160 valence electrons. The van der Waals surface area contributed by atoms with Gasteiger partial charge in [0.25, 0.3) is 0 Å². The Balaban J connectivity index is 0.00000300. The first kappa shape index (κ1) is 23.9. The highest BCUT2D eigenvalue weighted by atomic mass is 127. The van der Waals surface area contributed by atoms with Crippen LogP contribution in [0.2, 0.25) is 0 Å². The Bertz CT molecular complexity index is 785. The molecule has 3 rings (SSSR count). The van der Waals surface area contributed by atoms with Crippen molar-refractivity contribution < 1.29 is 17.9 Å². The van der Waals surface area contributed by atoms with Gasteiger partial charge in [0.05, 0.1) is 12.6 Å². The van der Waals surface area contributed by atoms with Crippen LogP contribution in [0.15, 0.2) is 40.7 Å². The quantitative estimate of drug-likeness (QED) is 0.331. The molecular formula is C19H24F3IN4OS. The fraction of sp³-hybridized carbons (Fsp3) is 0.474. The van der Waals surface area contributed by atoms with E-state index in [4.69, 9.17) is 4.74 Å². The van der Waals surface area contributed by atoms with E-state index in [2.05, 4.69) is 32.7 Å². The number of rotatable bonds is 5. The third-order valence-electron chi connectivity index (χ3n) is 4.58. The molecule has 2 atom stereocenters. The summed E-state index contributed by atoms with van der Waals surface area (Å²) in [6, 6.07) is 10.1. The van der Waals surface area contributed by atoms with E-state index in [1.165, 1.54) is 0 Å². The SMILES string of the molecule is CN=C(NCc1nc(C(F)(F)F)cs1)NCC1CCCOC1c1ccccc1.I. The second-order valence-electron chi connectivity index (χ2n) is 6.54. The van der Waals surface area contributed by atoms with E-state index < -0.39 is 11.9 Å². The number of ether oxygens (including phenoxy) is 1. The maximum atomic E-state index is 12.6. The molecule has 29 heavy (non-hydrogen) atoms. The molecule has 1 aromatic heterocycles. The molecule has 1 aliphatic rings. The lowest BCUT2D eigenvalue weighted by atomic mass is 9.89. The Hall–Kier alpha value is -1.40. The van der Waals surface area contributed by atoms with E-state index in [0.29, 0.717) is 17.5 Å². The first-order chi connectivity index (χ1) is 13.5. The van der Waals surface area contributed by atoms with Crippen LogP contribution >= 0.6 is 35.3 Å². The number of hydrogen-bond acceptors (Lipinski definition) is 4. The minimum absolute atomic E-state index is 0. The molecule has 0 saturated carbocycles. The summed E-state index contributed by atoms with van der Waals surface area (Å²) in [5.41, 5.74) is 0.293. The standard InChI is InChI=1S/C19H23F3N4OS.HI/c1-23-18(25-11-16-26-15(12-28-16)19(20,21)22)24-10-14-8-5-9-27-17(14)13-6-3-2-4-7-13;/h2-4,6-7,12,14,17H,5,8-11H2,1H3,(H2,23,24,25);1H. The lowest BCUT2D eigenvalue weighted by molar-refractivity contribution is -0.140. The summed E-state index contributed by atoms with van der Waals surface area (Å²) in [7, 11) is 1.63. The maximum Gasteiger partial charge on any atom is 0.434 e. The third-order valence-corrected chi connectivity index (χ3v) is 5.43. The lowest BCUT2D eigenvalue weighted by Gasteiger charge is -2.32. The number of nitrogens with one attached hydrogen (secondary N) is 2. The van der Waals surface area contributed by atoms with Gasteiger partial charge in [-0.15, -0.1) is 35.3 Å². The lowest BCUT2D eigenvalue weighted by Crippen LogP contribution is -2.41. The first-order valence-corrected chi connectivity index (χ1v) is 9.98. The van der Waals surface area contributed by atoms with Gasteiger partial charge >= 0.3 is 6.18 Å². The molecule has 1 aliphatic heterocycles. The van der Waals surface area contributed by atoms with Gasteiger partial charge in [-0.2, -0.15) is 13.2 Å². The van der Waals surface area contributed by atoms with E-state index in [1.807, 2.05) is 18.2 Å². The van der Waals surface area contributed by atoms with E-state index in [1.54, 1.807) is 7.05 Å². The van der Waals surface area contributed by atoms with E-state index in [9.17, 15) is 13.2 Å². The van der Waals surface area contributed by atoms with Gasteiger partial charge in [-0.1, -0.05) is 30.3 Å². The number of alkyl halides is 3. The summed E-state index contributed by atoms with van der Waals surface area (Å²) in [6.45, 7) is 1.59. The van der Waals surface area contributed by atoms with E-state index in [0.717, 1.165) is 41.7 Å². The fourth-order valence-electron chi connectivity index (χ4n) is 3.19. The number of guanidine groups is 1. The molecule has 2 heterocycles. The average Bonchev–Trinajstić information content (AvgIpc) is 3.19. The van der Waals surface area contributed by atoms with Crippen LogP contribution in [0.1, 0.15) is 35.2 Å². The van der Waals surface area contributed by atoms with E-state index >= 15 is 0 Å². The van der Waals surface area contributed by atoms with Crippen molar-refractivity contribution in [3.05, 3.63) is 52.0 Å². The van der Waals surface area contributed by atoms with Gasteiger partial charge < -0.3 is 15.4 Å². The number of benzene rings is 1. The van der Waals surface area contributed by atoms with Crippen molar-refractivity contribution in [3.8, 4) is 0 Å². The van der Waals surface area contributed by atoms with Crippen LogP contribution in [0.25, 0.3) is 0 Å². The van der Waals surface area contributed by atoms with Gasteiger partial charge in [-0.05, 0) is 18.4 Å². The number of hydrogen-bond donors (Lipinski definition) is 2. The van der Waals surface area contributed by atoms with Gasteiger partial charge in [0, 0.05) is 31.5 Å². The van der Waals surface area contributed by atoms with Crippen LogP contribution in [0.4, 0.5) is 13.2 Å². The van der Waals surface area contributed by atoms with Crippen molar-refractivity contribution in [2.75, 3.05) is 20.2 Å². The van der Waals surface area contributed by atoms with E-state index in [-0.39, 0.29) is 42.5 Å². The maximum absolute atomic E-state index is 12.6.